The molecule has 0 aromatic heterocycles. The minimum Gasteiger partial charge on any atom is -0.543 e. The number of aliphatic carboxylic acids is 1. The summed E-state index contributed by atoms with van der Waals surface area (Å²) in [5.41, 5.74) is 1.32. The van der Waals surface area contributed by atoms with Crippen molar-refractivity contribution in [3.63, 3.8) is 0 Å². The fourth-order valence-corrected chi connectivity index (χ4v) is 3.80. The average molecular weight is 263 g/mol. The number of thioether (sulfide) groups is 1. The minimum absolute atomic E-state index is 0. The molecular formula is C10H10NNaO2S2. The Morgan fingerprint density at radius 2 is 2.31 bits per heavy atom. The quantitative estimate of drug-likeness (QED) is 0.328. The van der Waals surface area contributed by atoms with Gasteiger partial charge in [0.25, 0.3) is 0 Å². The van der Waals surface area contributed by atoms with Crippen molar-refractivity contribution in [2.45, 2.75) is 25.6 Å². The summed E-state index contributed by atoms with van der Waals surface area (Å²) in [7, 11) is 0. The van der Waals surface area contributed by atoms with E-state index >= 15 is 0 Å². The third kappa shape index (κ3) is 1.88. The maximum absolute atomic E-state index is 11.0. The zero-order valence-corrected chi connectivity index (χ0v) is 13.1. The number of rotatable bonds is 2. The molecule has 2 rings (SSSR count). The van der Waals surface area contributed by atoms with Crippen molar-refractivity contribution in [3.8, 4) is 0 Å². The first-order chi connectivity index (χ1) is 7.11. The van der Waals surface area contributed by atoms with Gasteiger partial charge in [-0.2, -0.15) is 0 Å². The molecular weight excluding hydrogens is 253 g/mol. The van der Waals surface area contributed by atoms with Crippen LogP contribution in [0.5, 0.6) is 0 Å². The van der Waals surface area contributed by atoms with E-state index < -0.39 is 5.97 Å². The van der Waals surface area contributed by atoms with Gasteiger partial charge in [0.15, 0.2) is 0 Å². The van der Waals surface area contributed by atoms with E-state index in [2.05, 4.69) is 0 Å². The average Bonchev–Trinajstić information content (AvgIpc) is 2.53. The number of hydrogen-bond acceptors (Lipinski definition) is 4. The van der Waals surface area contributed by atoms with Crippen LogP contribution in [0, 0.1) is 0 Å². The second kappa shape index (κ2) is 5.23. The van der Waals surface area contributed by atoms with E-state index in [0.29, 0.717) is 11.4 Å². The summed E-state index contributed by atoms with van der Waals surface area (Å²) in [6.07, 6.45) is 2.66. The number of carboxylic acid groups (broad SMARTS) is 1. The van der Waals surface area contributed by atoms with Gasteiger partial charge in [-0.1, -0.05) is 37.0 Å². The zero-order valence-electron chi connectivity index (χ0n) is 9.44. The van der Waals surface area contributed by atoms with Crippen LogP contribution in [0.25, 0.3) is 0 Å². The van der Waals surface area contributed by atoms with Crippen LogP contribution >= 0.6 is 24.0 Å². The first kappa shape index (κ1) is 14.3. The molecule has 0 aliphatic carbocycles. The third-order valence-corrected chi connectivity index (χ3v) is 4.44. The Morgan fingerprint density at radius 1 is 1.69 bits per heavy atom. The predicted molar refractivity (Wildman–Crippen MR) is 61.9 cm³/mol. The van der Waals surface area contributed by atoms with Gasteiger partial charge in [0, 0.05) is 10.5 Å². The number of thiocarbonyl (C=S) groups is 1. The van der Waals surface area contributed by atoms with Crippen molar-refractivity contribution in [1.29, 1.82) is 0 Å². The Kier molecular flexibility index (Phi) is 4.66. The molecule has 0 saturated carbocycles. The van der Waals surface area contributed by atoms with E-state index in [0.717, 1.165) is 10.5 Å². The van der Waals surface area contributed by atoms with Gasteiger partial charge in [-0.05, 0) is 13.3 Å². The molecule has 2 heterocycles. The van der Waals surface area contributed by atoms with E-state index in [9.17, 15) is 9.90 Å². The fourth-order valence-electron chi connectivity index (χ4n) is 1.81. The standard InChI is InChI=1S/C10H11NO2S2.Na/c1-3-5-8(14)11-7(10(12)13)6(4-2)15-9(5)11;/h3,9H,4H2,1-2H3,(H,12,13);/q;+1/p-1/b5-3+;. The van der Waals surface area contributed by atoms with Gasteiger partial charge in [-0.3, -0.25) is 0 Å². The monoisotopic (exact) mass is 263 g/mol. The van der Waals surface area contributed by atoms with Crippen molar-refractivity contribution < 1.29 is 39.5 Å². The maximum atomic E-state index is 11.0. The summed E-state index contributed by atoms with van der Waals surface area (Å²) < 4.78 is 0. The first-order valence-electron chi connectivity index (χ1n) is 4.72. The summed E-state index contributed by atoms with van der Waals surface area (Å²) in [6.45, 7) is 3.86. The topological polar surface area (TPSA) is 43.4 Å². The zero-order chi connectivity index (χ0) is 11.2. The summed E-state index contributed by atoms with van der Waals surface area (Å²) in [5, 5.41) is 11.1. The Hall–Kier alpha value is 0.190. The number of hydrogen-bond donors (Lipinski definition) is 0. The van der Waals surface area contributed by atoms with Crippen molar-refractivity contribution in [3.05, 3.63) is 22.3 Å². The molecule has 0 N–H and O–H groups in total. The van der Waals surface area contributed by atoms with Gasteiger partial charge < -0.3 is 14.8 Å². The van der Waals surface area contributed by atoms with Gasteiger partial charge >= 0.3 is 29.6 Å². The number of nitrogens with zero attached hydrogens (tertiary/aromatic N) is 1. The van der Waals surface area contributed by atoms with E-state index in [1.165, 1.54) is 0 Å². The van der Waals surface area contributed by atoms with Crippen LogP contribution in [0.4, 0.5) is 0 Å². The molecule has 80 valence electrons. The number of carboxylic acids is 1. The predicted octanol–water partition coefficient (Wildman–Crippen LogP) is -1.98. The van der Waals surface area contributed by atoms with Crippen molar-refractivity contribution in [1.82, 2.24) is 4.90 Å². The van der Waals surface area contributed by atoms with Crippen molar-refractivity contribution >= 4 is 34.9 Å². The van der Waals surface area contributed by atoms with Gasteiger partial charge in [0.2, 0.25) is 0 Å². The summed E-state index contributed by atoms with van der Waals surface area (Å²) in [5.74, 6) is -1.13. The molecule has 1 atom stereocenters. The molecule has 1 saturated heterocycles. The molecule has 2 aliphatic rings. The van der Waals surface area contributed by atoms with E-state index in [1.54, 1.807) is 16.7 Å². The maximum Gasteiger partial charge on any atom is 1.00 e. The first-order valence-corrected chi connectivity index (χ1v) is 6.01. The molecule has 3 nitrogen and oxygen atoms in total. The molecule has 0 aromatic carbocycles. The van der Waals surface area contributed by atoms with Crippen molar-refractivity contribution in [2.75, 3.05) is 0 Å². The van der Waals surface area contributed by atoms with Crippen LogP contribution in [-0.4, -0.2) is 21.2 Å². The van der Waals surface area contributed by atoms with Gasteiger partial charge in [-0.15, -0.1) is 0 Å². The SMILES string of the molecule is C/C=C1\C(=S)N2C(C(=O)[O-])=C(CC)SC12.[Na+]. The molecule has 6 heteroatoms. The molecule has 16 heavy (non-hydrogen) atoms. The molecule has 1 fully saturated rings. The molecule has 0 amide bonds. The molecule has 1 unspecified atom stereocenters. The van der Waals surface area contributed by atoms with E-state index in [-0.39, 0.29) is 40.6 Å². The number of allylic oxidation sites excluding steroid dienone is 2. The summed E-state index contributed by atoms with van der Waals surface area (Å²) >= 11 is 6.72. The van der Waals surface area contributed by atoms with E-state index in [4.69, 9.17) is 12.2 Å². The number of carbonyl (C=O) groups is 1. The Balaban J connectivity index is 0.00000128. The van der Waals surface area contributed by atoms with Crippen LogP contribution < -0.4 is 34.7 Å². The third-order valence-electron chi connectivity index (χ3n) is 2.55. The number of fused-ring (bicyclic) bond motifs is 1. The largest absolute Gasteiger partial charge is 1.00 e. The van der Waals surface area contributed by atoms with Gasteiger partial charge in [0.1, 0.15) is 10.4 Å². The smallest absolute Gasteiger partial charge is 0.543 e. The molecule has 0 aromatic rings. The minimum atomic E-state index is -1.13. The van der Waals surface area contributed by atoms with Gasteiger partial charge in [-0.25, -0.2) is 0 Å². The Morgan fingerprint density at radius 3 is 2.75 bits per heavy atom. The molecule has 0 bridgehead atoms. The fraction of sp³-hybridized carbons (Fsp3) is 0.400. The van der Waals surface area contributed by atoms with E-state index in [1.807, 2.05) is 19.9 Å². The Bertz CT molecular complexity index is 417. The number of carbonyl (C=O) groups excluding carboxylic acids is 1. The molecule has 0 spiro atoms. The van der Waals surface area contributed by atoms with Crippen LogP contribution in [0.1, 0.15) is 20.3 Å². The molecule has 0 radical (unpaired) electrons. The van der Waals surface area contributed by atoms with Crippen LogP contribution in [0.2, 0.25) is 0 Å². The van der Waals surface area contributed by atoms with Crippen LogP contribution in [0.15, 0.2) is 22.3 Å². The Labute approximate surface area is 126 Å². The normalized spacial score (nSPS) is 25.4. The van der Waals surface area contributed by atoms with Crippen LogP contribution in [-0.2, 0) is 4.79 Å². The summed E-state index contributed by atoms with van der Waals surface area (Å²) in [6, 6.07) is 0. The van der Waals surface area contributed by atoms with Gasteiger partial charge in [0.05, 0.1) is 11.7 Å². The van der Waals surface area contributed by atoms with Crippen molar-refractivity contribution in [2.24, 2.45) is 0 Å². The second-order valence-electron chi connectivity index (χ2n) is 3.30. The summed E-state index contributed by atoms with van der Waals surface area (Å²) in [4.78, 5) is 14.2. The molecule has 2 aliphatic heterocycles. The second-order valence-corrected chi connectivity index (χ2v) is 4.86. The van der Waals surface area contributed by atoms with Crippen LogP contribution in [0.3, 0.4) is 0 Å².